The number of nitrogens with zero attached hydrogens (tertiary/aromatic N) is 1. The lowest BCUT2D eigenvalue weighted by molar-refractivity contribution is -0.119. The molecule has 3 aromatic rings. The number of amides is 1. The maximum absolute atomic E-state index is 11.9. The van der Waals surface area contributed by atoms with Gasteiger partial charge in [-0.25, -0.2) is 5.43 Å². The number of halogens is 2. The van der Waals surface area contributed by atoms with E-state index in [4.69, 9.17) is 0 Å². The first kappa shape index (κ1) is 18.7. The van der Waals surface area contributed by atoms with E-state index in [1.807, 2.05) is 65.1 Å². The molecule has 0 atom stereocenters. The topological polar surface area (TPSA) is 73.7 Å². The smallest absolute Gasteiger partial charge is 0.259 e. The van der Waals surface area contributed by atoms with Crippen LogP contribution in [0.4, 0.5) is 5.69 Å². The van der Waals surface area contributed by atoms with Gasteiger partial charge in [-0.15, -0.1) is 0 Å². The van der Waals surface area contributed by atoms with Crippen LogP contribution >= 0.6 is 38.5 Å². The molecule has 0 spiro atoms. The number of nitrogens with one attached hydrogen (secondary N) is 2. The summed E-state index contributed by atoms with van der Waals surface area (Å²) < 4.78 is 1.52. The number of hydrazone groups is 1. The molecule has 0 aromatic heterocycles. The molecule has 0 saturated heterocycles. The zero-order valence-corrected chi connectivity index (χ0v) is 17.3. The molecule has 7 heteroatoms. The molecule has 0 radical (unpaired) electrons. The molecule has 3 N–H and O–H groups in total. The zero-order valence-electron chi connectivity index (χ0n) is 13.5. The van der Waals surface area contributed by atoms with Crippen molar-refractivity contribution >= 4 is 67.1 Å². The number of hydrogen-bond acceptors (Lipinski definition) is 4. The van der Waals surface area contributed by atoms with Crippen molar-refractivity contribution in [3.8, 4) is 5.75 Å². The number of phenolic OH excluding ortho intramolecular Hbond substituents is 1. The number of benzene rings is 3. The average molecular weight is 524 g/mol. The van der Waals surface area contributed by atoms with Crippen LogP contribution in [0.5, 0.6) is 5.75 Å². The number of hydrogen-bond donors (Lipinski definition) is 3. The van der Waals surface area contributed by atoms with Gasteiger partial charge in [0.25, 0.3) is 5.91 Å². The Balaban J connectivity index is 1.57. The number of carbonyl (C=O) groups is 1. The summed E-state index contributed by atoms with van der Waals surface area (Å²) in [4.78, 5) is 11.9. The van der Waals surface area contributed by atoms with Gasteiger partial charge in [-0.2, -0.15) is 5.10 Å². The molecule has 0 unspecified atom stereocenters. The van der Waals surface area contributed by atoms with Gasteiger partial charge in [0, 0.05) is 15.7 Å². The molecule has 26 heavy (non-hydrogen) atoms. The predicted molar refractivity (Wildman–Crippen MR) is 117 cm³/mol. The molecule has 1 amide bonds. The third-order valence-electron chi connectivity index (χ3n) is 3.65. The van der Waals surface area contributed by atoms with Gasteiger partial charge in [0.05, 0.1) is 16.3 Å². The van der Waals surface area contributed by atoms with E-state index in [1.165, 1.54) is 6.21 Å². The van der Waals surface area contributed by atoms with E-state index in [0.717, 1.165) is 20.9 Å². The van der Waals surface area contributed by atoms with Crippen molar-refractivity contribution in [2.75, 3.05) is 11.9 Å². The second-order valence-corrected chi connectivity index (χ2v) is 7.61. The lowest BCUT2D eigenvalue weighted by Crippen LogP contribution is -2.25. The third kappa shape index (κ3) is 4.73. The van der Waals surface area contributed by atoms with Crippen molar-refractivity contribution in [1.82, 2.24) is 5.43 Å². The quantitative estimate of drug-likeness (QED) is 0.262. The lowest BCUT2D eigenvalue weighted by Gasteiger charge is -2.07. The Morgan fingerprint density at radius 3 is 2.73 bits per heavy atom. The number of carbonyl (C=O) groups excluding carboxylic acids is 1. The largest absolute Gasteiger partial charge is 0.506 e. The Hall–Kier alpha value is -2.13. The number of anilines is 1. The molecule has 0 aliphatic rings. The van der Waals surface area contributed by atoms with E-state index in [1.54, 1.807) is 12.1 Å². The van der Waals surface area contributed by atoms with Gasteiger partial charge in [-0.05, 0) is 57.6 Å². The van der Waals surface area contributed by atoms with Crippen molar-refractivity contribution in [3.05, 3.63) is 68.2 Å². The van der Waals surface area contributed by atoms with Gasteiger partial charge in [0.1, 0.15) is 5.75 Å². The Morgan fingerprint density at radius 1 is 1.15 bits per heavy atom. The fourth-order valence-corrected chi connectivity index (χ4v) is 3.93. The van der Waals surface area contributed by atoms with Gasteiger partial charge >= 0.3 is 0 Å². The highest BCUT2D eigenvalue weighted by atomic mass is 127. The fraction of sp³-hybridized carbons (Fsp3) is 0.0526. The minimum atomic E-state index is -0.279. The van der Waals surface area contributed by atoms with Crippen LogP contribution in [-0.2, 0) is 4.79 Å². The van der Waals surface area contributed by atoms with E-state index < -0.39 is 0 Å². The SMILES string of the molecule is O=C(CNc1ccc2ccccc2c1)N/N=C\c1cc(Br)cc(I)c1O. The van der Waals surface area contributed by atoms with Crippen LogP contribution in [-0.4, -0.2) is 23.8 Å². The van der Waals surface area contributed by atoms with Crippen molar-refractivity contribution in [3.63, 3.8) is 0 Å². The summed E-state index contributed by atoms with van der Waals surface area (Å²) in [7, 11) is 0. The van der Waals surface area contributed by atoms with Crippen LogP contribution in [0, 0.1) is 3.57 Å². The van der Waals surface area contributed by atoms with Gasteiger partial charge in [-0.3, -0.25) is 4.79 Å². The number of rotatable bonds is 5. The Morgan fingerprint density at radius 2 is 1.92 bits per heavy atom. The van der Waals surface area contributed by atoms with Gasteiger partial charge in [0.2, 0.25) is 0 Å². The molecule has 132 valence electrons. The maximum atomic E-state index is 11.9. The first-order chi connectivity index (χ1) is 12.5. The van der Waals surface area contributed by atoms with Crippen LogP contribution in [0.25, 0.3) is 10.8 Å². The first-order valence-corrected chi connectivity index (χ1v) is 9.63. The van der Waals surface area contributed by atoms with Gasteiger partial charge in [0.15, 0.2) is 0 Å². The molecule has 0 heterocycles. The highest BCUT2D eigenvalue weighted by molar-refractivity contribution is 14.1. The fourth-order valence-electron chi connectivity index (χ4n) is 2.38. The molecular formula is C19H15BrIN3O2. The number of phenols is 1. The van der Waals surface area contributed by atoms with E-state index in [-0.39, 0.29) is 18.2 Å². The Kier molecular flexibility index (Phi) is 6.10. The standard InChI is InChI=1S/C19H15BrIN3O2/c20-15-7-14(19(26)17(21)9-15)10-23-24-18(25)11-22-16-6-5-12-3-1-2-4-13(12)8-16/h1-10,22,26H,11H2,(H,24,25)/b23-10-. The highest BCUT2D eigenvalue weighted by Gasteiger charge is 2.06. The summed E-state index contributed by atoms with van der Waals surface area (Å²) in [6.45, 7) is 0.0949. The Bertz CT molecular complexity index is 992. The van der Waals surface area contributed by atoms with Crippen LogP contribution in [0.2, 0.25) is 0 Å². The van der Waals surface area contributed by atoms with Crippen molar-refractivity contribution < 1.29 is 9.90 Å². The minimum Gasteiger partial charge on any atom is -0.506 e. The van der Waals surface area contributed by atoms with E-state index >= 15 is 0 Å². The summed E-state index contributed by atoms with van der Waals surface area (Å²) in [5.74, 6) is -0.153. The molecule has 0 fully saturated rings. The van der Waals surface area contributed by atoms with Crippen molar-refractivity contribution in [1.29, 1.82) is 0 Å². The van der Waals surface area contributed by atoms with Gasteiger partial charge < -0.3 is 10.4 Å². The molecule has 3 rings (SSSR count). The van der Waals surface area contributed by atoms with Crippen LogP contribution in [0.15, 0.2) is 64.2 Å². The second-order valence-electron chi connectivity index (χ2n) is 5.53. The minimum absolute atomic E-state index is 0.0949. The van der Waals surface area contributed by atoms with Crippen LogP contribution in [0.3, 0.4) is 0 Å². The normalized spacial score (nSPS) is 11.0. The predicted octanol–water partition coefficient (Wildman–Crippen LogP) is 4.47. The summed E-state index contributed by atoms with van der Waals surface area (Å²) in [6.07, 6.45) is 1.41. The number of aromatic hydroxyl groups is 1. The number of fused-ring (bicyclic) bond motifs is 1. The van der Waals surface area contributed by atoms with Crippen molar-refractivity contribution in [2.24, 2.45) is 5.10 Å². The first-order valence-electron chi connectivity index (χ1n) is 7.75. The third-order valence-corrected chi connectivity index (χ3v) is 4.93. The molecule has 0 saturated carbocycles. The lowest BCUT2D eigenvalue weighted by atomic mass is 10.1. The molecule has 3 aromatic carbocycles. The average Bonchev–Trinajstić information content (AvgIpc) is 2.63. The van der Waals surface area contributed by atoms with E-state index in [9.17, 15) is 9.90 Å². The van der Waals surface area contributed by atoms with E-state index in [0.29, 0.717) is 9.13 Å². The zero-order chi connectivity index (χ0) is 18.5. The Labute approximate surface area is 172 Å². The molecule has 0 aliphatic heterocycles. The highest BCUT2D eigenvalue weighted by Crippen LogP contribution is 2.27. The molecular weight excluding hydrogens is 509 g/mol. The second kappa shape index (κ2) is 8.50. The van der Waals surface area contributed by atoms with Crippen LogP contribution in [0.1, 0.15) is 5.56 Å². The maximum Gasteiger partial charge on any atom is 0.259 e. The van der Waals surface area contributed by atoms with Gasteiger partial charge in [-0.1, -0.05) is 46.3 Å². The summed E-state index contributed by atoms with van der Waals surface area (Å²) in [6, 6.07) is 17.5. The summed E-state index contributed by atoms with van der Waals surface area (Å²) in [5.41, 5.74) is 3.83. The van der Waals surface area contributed by atoms with Crippen molar-refractivity contribution in [2.45, 2.75) is 0 Å². The summed E-state index contributed by atoms with van der Waals surface area (Å²) in [5, 5.41) is 19.2. The van der Waals surface area contributed by atoms with E-state index in [2.05, 4.69) is 31.8 Å². The molecule has 5 nitrogen and oxygen atoms in total. The van der Waals surface area contributed by atoms with Crippen LogP contribution < -0.4 is 10.7 Å². The summed E-state index contributed by atoms with van der Waals surface area (Å²) >= 11 is 5.39. The molecule has 0 bridgehead atoms. The molecule has 0 aliphatic carbocycles. The monoisotopic (exact) mass is 523 g/mol.